The second kappa shape index (κ2) is 11.4. The highest BCUT2D eigenvalue weighted by atomic mass is 32.8. The molecular weight excluding hydrogens is 224 g/mol. The largest absolute Gasteiger partial charge is 0.431 e. The molecule has 0 bridgehead atoms. The molecule has 0 aromatic heterocycles. The fourth-order valence-corrected chi connectivity index (χ4v) is 1.67. The summed E-state index contributed by atoms with van der Waals surface area (Å²) in [6.45, 7) is 5.63. The van der Waals surface area contributed by atoms with E-state index in [0.29, 0.717) is 0 Å². The van der Waals surface area contributed by atoms with Crippen molar-refractivity contribution >= 4 is 20.9 Å². The molecule has 0 aliphatic carbocycles. The van der Waals surface area contributed by atoms with Gasteiger partial charge in [0, 0.05) is 0 Å². The lowest BCUT2D eigenvalue weighted by atomic mass is 10.3. The molecule has 0 rings (SSSR count). The van der Waals surface area contributed by atoms with Crippen LogP contribution in [0, 0.1) is 0 Å². The Kier molecular flexibility index (Phi) is 10.9. The average Bonchev–Trinajstić information content (AvgIpc) is 2.24. The van der Waals surface area contributed by atoms with E-state index in [0.717, 1.165) is 18.6 Å². The fraction of sp³-hybridized carbons (Fsp3) is 0.333. The number of hydrogen-bond donors (Lipinski definition) is 0. The second-order valence-electron chi connectivity index (χ2n) is 2.76. The van der Waals surface area contributed by atoms with E-state index in [4.69, 9.17) is 15.4 Å². The molecule has 0 spiro atoms. The Balaban J connectivity index is 3.56. The SMILES string of the molecule is C=CCCC=COS(=S)CC=CC=CC. The van der Waals surface area contributed by atoms with Crippen LogP contribution >= 0.6 is 0 Å². The van der Waals surface area contributed by atoms with Gasteiger partial charge in [0.2, 0.25) is 0 Å². The van der Waals surface area contributed by atoms with Crippen LogP contribution in [0.15, 0.2) is 49.3 Å². The van der Waals surface area contributed by atoms with E-state index >= 15 is 0 Å². The predicted molar refractivity (Wildman–Crippen MR) is 73.2 cm³/mol. The summed E-state index contributed by atoms with van der Waals surface area (Å²) in [7, 11) is -0.429. The number of hydrogen-bond acceptors (Lipinski definition) is 2. The topological polar surface area (TPSA) is 9.23 Å². The lowest BCUT2D eigenvalue weighted by Crippen LogP contribution is -1.92. The van der Waals surface area contributed by atoms with E-state index in [-0.39, 0.29) is 0 Å². The second-order valence-corrected chi connectivity index (χ2v) is 5.01. The van der Waals surface area contributed by atoms with Crippen molar-refractivity contribution in [1.29, 1.82) is 0 Å². The lowest BCUT2D eigenvalue weighted by molar-refractivity contribution is 0.557. The first-order valence-corrected chi connectivity index (χ1v) is 7.15. The van der Waals surface area contributed by atoms with E-state index in [2.05, 4.69) is 6.58 Å². The highest BCUT2D eigenvalue weighted by Crippen LogP contribution is 1.95. The van der Waals surface area contributed by atoms with Crippen LogP contribution in [0.25, 0.3) is 0 Å². The number of allylic oxidation sites excluding steroid dienone is 5. The smallest absolute Gasteiger partial charge is 0.0973 e. The van der Waals surface area contributed by atoms with Crippen molar-refractivity contribution < 1.29 is 4.18 Å². The van der Waals surface area contributed by atoms with Crippen molar-refractivity contribution in [2.45, 2.75) is 19.8 Å². The molecule has 0 aromatic carbocycles. The predicted octanol–water partition coefficient (Wildman–Crippen LogP) is 3.61. The molecule has 0 aliphatic rings. The van der Waals surface area contributed by atoms with Crippen molar-refractivity contribution in [2.24, 2.45) is 0 Å². The van der Waals surface area contributed by atoms with Gasteiger partial charge in [0.15, 0.2) is 0 Å². The molecule has 0 aromatic rings. The van der Waals surface area contributed by atoms with Crippen LogP contribution in [0.1, 0.15) is 19.8 Å². The molecule has 0 amide bonds. The van der Waals surface area contributed by atoms with Gasteiger partial charge in [-0.2, -0.15) is 0 Å². The van der Waals surface area contributed by atoms with Crippen molar-refractivity contribution in [2.75, 3.05) is 5.75 Å². The molecule has 0 saturated carbocycles. The summed E-state index contributed by atoms with van der Waals surface area (Å²) in [5.74, 6) is 0.783. The highest BCUT2D eigenvalue weighted by molar-refractivity contribution is 8.26. The van der Waals surface area contributed by atoms with Crippen LogP contribution in [0.2, 0.25) is 0 Å². The maximum absolute atomic E-state index is 5.32. The quantitative estimate of drug-likeness (QED) is 0.278. The highest BCUT2D eigenvalue weighted by Gasteiger charge is 1.87. The summed E-state index contributed by atoms with van der Waals surface area (Å²) in [5, 5.41) is 0. The van der Waals surface area contributed by atoms with Crippen LogP contribution in [-0.4, -0.2) is 5.75 Å². The minimum absolute atomic E-state index is 0.429. The molecule has 0 radical (unpaired) electrons. The third-order valence-corrected chi connectivity index (χ3v) is 2.90. The minimum atomic E-state index is -0.429. The van der Waals surface area contributed by atoms with Crippen molar-refractivity contribution in [3.8, 4) is 0 Å². The summed E-state index contributed by atoms with van der Waals surface area (Å²) in [5.41, 5.74) is 0. The molecular formula is C12H18OS2. The van der Waals surface area contributed by atoms with Crippen LogP contribution in [0.5, 0.6) is 0 Å². The monoisotopic (exact) mass is 242 g/mol. The summed E-state index contributed by atoms with van der Waals surface area (Å²) in [4.78, 5) is 0. The van der Waals surface area contributed by atoms with E-state index in [9.17, 15) is 0 Å². The van der Waals surface area contributed by atoms with E-state index in [1.165, 1.54) is 0 Å². The van der Waals surface area contributed by atoms with Crippen molar-refractivity contribution in [3.63, 3.8) is 0 Å². The third kappa shape index (κ3) is 11.3. The van der Waals surface area contributed by atoms with Gasteiger partial charge in [-0.25, -0.2) is 0 Å². The third-order valence-electron chi connectivity index (χ3n) is 1.47. The Morgan fingerprint density at radius 1 is 1.27 bits per heavy atom. The van der Waals surface area contributed by atoms with E-state index < -0.39 is 9.74 Å². The van der Waals surface area contributed by atoms with Gasteiger partial charge >= 0.3 is 0 Å². The molecule has 1 nitrogen and oxygen atoms in total. The maximum Gasteiger partial charge on any atom is 0.0973 e. The van der Waals surface area contributed by atoms with Gasteiger partial charge in [0.25, 0.3) is 0 Å². The molecule has 0 heterocycles. The molecule has 3 heteroatoms. The van der Waals surface area contributed by atoms with Crippen molar-refractivity contribution in [3.05, 3.63) is 49.3 Å². The first-order chi connectivity index (χ1) is 7.31. The Morgan fingerprint density at radius 3 is 2.73 bits per heavy atom. The Labute approximate surface area is 100 Å². The fourth-order valence-electron chi connectivity index (χ4n) is 0.746. The Hall–Kier alpha value is -0.670. The molecule has 84 valence electrons. The van der Waals surface area contributed by atoms with Gasteiger partial charge in [-0.05, 0) is 37.0 Å². The van der Waals surface area contributed by atoms with Gasteiger partial charge in [0.05, 0.1) is 21.8 Å². The van der Waals surface area contributed by atoms with Crippen LogP contribution in [-0.2, 0) is 25.1 Å². The summed E-state index contributed by atoms with van der Waals surface area (Å²) < 4.78 is 5.32. The standard InChI is InChI=1S/C12H18OS2/c1-3-5-7-9-11-13-15(14)12-10-8-6-4-2/h3-4,6,8-11H,1,5,7,12H2,2H3. The first-order valence-electron chi connectivity index (χ1n) is 4.90. The van der Waals surface area contributed by atoms with E-state index in [1.807, 2.05) is 43.4 Å². The molecule has 0 aliphatic heterocycles. The molecule has 0 saturated heterocycles. The maximum atomic E-state index is 5.32. The summed E-state index contributed by atoms with van der Waals surface area (Å²) >= 11 is 5.12. The Bertz CT molecular complexity index is 265. The van der Waals surface area contributed by atoms with Gasteiger partial charge in [-0.1, -0.05) is 30.4 Å². The summed E-state index contributed by atoms with van der Waals surface area (Å²) in [6, 6.07) is 0. The molecule has 0 N–H and O–H groups in total. The lowest BCUT2D eigenvalue weighted by Gasteiger charge is -1.98. The zero-order valence-electron chi connectivity index (χ0n) is 9.09. The van der Waals surface area contributed by atoms with Gasteiger partial charge in [0.1, 0.15) is 0 Å². The molecule has 1 unspecified atom stereocenters. The average molecular weight is 242 g/mol. The number of rotatable bonds is 8. The Morgan fingerprint density at radius 2 is 2.07 bits per heavy atom. The zero-order valence-corrected chi connectivity index (χ0v) is 10.7. The normalized spacial score (nSPS) is 13.9. The van der Waals surface area contributed by atoms with Gasteiger partial charge < -0.3 is 4.18 Å². The van der Waals surface area contributed by atoms with Gasteiger partial charge in [-0.3, -0.25) is 0 Å². The van der Waals surface area contributed by atoms with Crippen LogP contribution in [0.3, 0.4) is 0 Å². The molecule has 1 atom stereocenters. The van der Waals surface area contributed by atoms with Crippen LogP contribution in [0.4, 0.5) is 0 Å². The van der Waals surface area contributed by atoms with Crippen molar-refractivity contribution in [1.82, 2.24) is 0 Å². The van der Waals surface area contributed by atoms with Crippen LogP contribution < -0.4 is 0 Å². The number of unbranched alkanes of at least 4 members (excludes halogenated alkanes) is 1. The molecule has 15 heavy (non-hydrogen) atoms. The van der Waals surface area contributed by atoms with E-state index in [1.54, 1.807) is 6.26 Å². The summed E-state index contributed by atoms with van der Waals surface area (Å²) in [6.07, 6.45) is 15.5. The molecule has 0 fully saturated rings. The first kappa shape index (κ1) is 14.3. The minimum Gasteiger partial charge on any atom is -0.431 e. The van der Waals surface area contributed by atoms with Gasteiger partial charge in [-0.15, -0.1) is 6.58 Å². The zero-order chi connectivity index (χ0) is 11.4.